The van der Waals surface area contributed by atoms with Crippen molar-refractivity contribution in [1.82, 2.24) is 0 Å². The summed E-state index contributed by atoms with van der Waals surface area (Å²) in [4.78, 5) is 72.6. The van der Waals surface area contributed by atoms with Gasteiger partial charge in [0.25, 0.3) is 0 Å². The quantitative estimate of drug-likeness (QED) is 0.0222. The molecule has 19 heteroatoms. The minimum absolute atomic E-state index is 0.102. The summed E-state index contributed by atoms with van der Waals surface area (Å²) in [6, 6.07) is 0. The number of esters is 4. The number of carbonyl (C=O) groups excluding carboxylic acids is 4. The van der Waals surface area contributed by atoms with E-state index in [9.17, 15) is 43.2 Å². The molecule has 17 nitrogen and oxygen atoms in total. The van der Waals surface area contributed by atoms with Crippen molar-refractivity contribution in [2.24, 2.45) is 17.8 Å². The number of phosphoric acid groups is 2. The summed E-state index contributed by atoms with van der Waals surface area (Å²) in [5.74, 6) is 0.0971. The summed E-state index contributed by atoms with van der Waals surface area (Å²) in [7, 11) is -9.91. The lowest BCUT2D eigenvalue weighted by molar-refractivity contribution is -0.161. The highest BCUT2D eigenvalue weighted by atomic mass is 31.2. The molecule has 0 radical (unpaired) electrons. The second-order valence-corrected chi connectivity index (χ2v) is 30.4. The molecule has 0 heterocycles. The number of hydrogen-bond donors (Lipinski definition) is 3. The summed E-state index contributed by atoms with van der Waals surface area (Å²) in [6.07, 6.45) is 48.7. The van der Waals surface area contributed by atoms with Crippen LogP contribution < -0.4 is 0 Å². The predicted octanol–water partition coefficient (Wildman–Crippen LogP) is 21.0. The van der Waals surface area contributed by atoms with Crippen molar-refractivity contribution in [2.45, 2.75) is 388 Å². The monoisotopic (exact) mass is 1350 g/mol. The number of phosphoric ester groups is 2. The SMILES string of the molecule is CCCCCCCCCCCCCCCCCC(=O)OC[C@H](COP(=O)(O)OC[C@@H](O)COP(=O)(O)OC[C@@H](COC(=O)CCCCCCCCC(C)CC)OC(=O)CCCCCCCCCC(C)C)OC(=O)CCCCCCCCCCCCCCCCC(C)C. The highest BCUT2D eigenvalue weighted by Crippen LogP contribution is 2.45. The van der Waals surface area contributed by atoms with E-state index in [-0.39, 0.29) is 25.7 Å². The van der Waals surface area contributed by atoms with Crippen molar-refractivity contribution in [1.29, 1.82) is 0 Å². The van der Waals surface area contributed by atoms with Crippen molar-refractivity contribution in [3.63, 3.8) is 0 Å². The van der Waals surface area contributed by atoms with Gasteiger partial charge in [0.2, 0.25) is 0 Å². The molecule has 0 saturated heterocycles. The molecule has 3 N–H and O–H groups in total. The Balaban J connectivity index is 5.24. The lowest BCUT2D eigenvalue weighted by Crippen LogP contribution is -2.30. The average molecular weight is 1350 g/mol. The van der Waals surface area contributed by atoms with Crippen LogP contribution >= 0.6 is 15.6 Å². The number of rotatable bonds is 71. The second kappa shape index (κ2) is 63.8. The van der Waals surface area contributed by atoms with Crippen LogP contribution in [0.2, 0.25) is 0 Å². The number of carbonyl (C=O) groups is 4. The normalized spacial score (nSPS) is 14.4. The Morgan fingerprint density at radius 1 is 0.315 bits per heavy atom. The molecular formula is C73H142O17P2. The molecule has 0 saturated carbocycles. The fraction of sp³-hybridized carbons (Fsp3) is 0.945. The molecule has 0 aromatic rings. The molecule has 0 rings (SSSR count). The van der Waals surface area contributed by atoms with Gasteiger partial charge in [0.15, 0.2) is 12.2 Å². The molecule has 0 aromatic heterocycles. The van der Waals surface area contributed by atoms with Crippen LogP contribution in [0, 0.1) is 17.8 Å². The van der Waals surface area contributed by atoms with Crippen LogP contribution in [0.15, 0.2) is 0 Å². The number of aliphatic hydroxyl groups excluding tert-OH is 1. The second-order valence-electron chi connectivity index (χ2n) is 27.5. The Labute approximate surface area is 562 Å². The minimum atomic E-state index is -4.96. The summed E-state index contributed by atoms with van der Waals surface area (Å²) in [6.45, 7) is 11.8. The van der Waals surface area contributed by atoms with Crippen LogP contribution in [0.3, 0.4) is 0 Å². The van der Waals surface area contributed by atoms with Gasteiger partial charge in [-0.3, -0.25) is 37.3 Å². The predicted molar refractivity (Wildman–Crippen MR) is 372 cm³/mol. The third-order valence-corrected chi connectivity index (χ3v) is 19.1. The zero-order chi connectivity index (χ0) is 68.0. The molecule has 6 atom stereocenters. The van der Waals surface area contributed by atoms with Crippen LogP contribution in [0.1, 0.15) is 370 Å². The fourth-order valence-electron chi connectivity index (χ4n) is 11.0. The van der Waals surface area contributed by atoms with E-state index in [0.29, 0.717) is 31.6 Å². The maximum atomic E-state index is 13.1. The molecule has 0 aromatic carbocycles. The fourth-order valence-corrected chi connectivity index (χ4v) is 12.6. The number of hydrogen-bond acceptors (Lipinski definition) is 15. The summed E-state index contributed by atoms with van der Waals surface area (Å²) in [5.41, 5.74) is 0. The highest BCUT2D eigenvalue weighted by Gasteiger charge is 2.30. The maximum Gasteiger partial charge on any atom is 0.472 e. The smallest absolute Gasteiger partial charge is 0.462 e. The number of ether oxygens (including phenoxy) is 4. The molecule has 92 heavy (non-hydrogen) atoms. The van der Waals surface area contributed by atoms with Crippen LogP contribution in [0.4, 0.5) is 0 Å². The first-order valence-corrected chi connectivity index (χ1v) is 40.9. The third kappa shape index (κ3) is 65.4. The number of unbranched alkanes of at least 4 members (excludes halogenated alkanes) is 38. The first kappa shape index (κ1) is 90.1. The standard InChI is InChI=1S/C73H142O17P2/c1-8-10-11-12-13-14-15-16-17-21-24-27-32-40-47-54-70(75)83-60-68(89-72(77)56-49-42-33-28-25-22-19-18-20-23-26-30-37-44-51-64(3)4)62-87-91(79,80)85-58-67(74)59-86-92(81,82)88-63-69(90-73(78)57-50-43-34-29-31-38-45-52-65(5)6)61-84-71(76)55-48-41-36-35-39-46-53-66(7)9-2/h64-69,74H,8-63H2,1-7H3,(H,79,80)(H,81,82)/t66?,67-,68-,69-/m1/s1. The Bertz CT molecular complexity index is 1800. The molecule has 0 amide bonds. The molecular weight excluding hydrogens is 1210 g/mol. The van der Waals surface area contributed by atoms with Crippen LogP contribution in [0.5, 0.6) is 0 Å². The van der Waals surface area contributed by atoms with E-state index in [0.717, 1.165) is 108 Å². The summed E-state index contributed by atoms with van der Waals surface area (Å²) >= 11 is 0. The van der Waals surface area contributed by atoms with E-state index in [4.69, 9.17) is 37.0 Å². The first-order chi connectivity index (χ1) is 44.3. The van der Waals surface area contributed by atoms with E-state index in [1.165, 1.54) is 173 Å². The van der Waals surface area contributed by atoms with Crippen LogP contribution in [0.25, 0.3) is 0 Å². The van der Waals surface area contributed by atoms with Crippen molar-refractivity contribution in [3.05, 3.63) is 0 Å². The van der Waals surface area contributed by atoms with Crippen molar-refractivity contribution < 1.29 is 80.2 Å². The molecule has 3 unspecified atom stereocenters. The Kier molecular flexibility index (Phi) is 62.4. The van der Waals surface area contributed by atoms with E-state index < -0.39 is 97.5 Å². The van der Waals surface area contributed by atoms with Gasteiger partial charge in [-0.2, -0.15) is 0 Å². The number of aliphatic hydroxyl groups is 1. The summed E-state index contributed by atoms with van der Waals surface area (Å²) < 4.78 is 68.4. The van der Waals surface area contributed by atoms with Gasteiger partial charge in [0.05, 0.1) is 26.4 Å². The first-order valence-electron chi connectivity index (χ1n) is 37.9. The third-order valence-electron chi connectivity index (χ3n) is 17.2. The van der Waals surface area contributed by atoms with E-state index in [1.54, 1.807) is 0 Å². The molecule has 0 aliphatic carbocycles. The van der Waals surface area contributed by atoms with Crippen molar-refractivity contribution in [2.75, 3.05) is 39.6 Å². The molecule has 0 aliphatic rings. The van der Waals surface area contributed by atoms with E-state index in [2.05, 4.69) is 48.5 Å². The van der Waals surface area contributed by atoms with Gasteiger partial charge in [-0.15, -0.1) is 0 Å². The van der Waals surface area contributed by atoms with Gasteiger partial charge in [0.1, 0.15) is 19.3 Å². The Morgan fingerprint density at radius 3 is 0.826 bits per heavy atom. The summed E-state index contributed by atoms with van der Waals surface area (Å²) in [5, 5.41) is 10.6. The lowest BCUT2D eigenvalue weighted by atomic mass is 10.00. The van der Waals surface area contributed by atoms with Crippen molar-refractivity contribution in [3.8, 4) is 0 Å². The maximum absolute atomic E-state index is 13.1. The lowest BCUT2D eigenvalue weighted by Gasteiger charge is -2.21. The molecule has 546 valence electrons. The van der Waals surface area contributed by atoms with Gasteiger partial charge in [-0.25, -0.2) is 9.13 Å². The van der Waals surface area contributed by atoms with Gasteiger partial charge < -0.3 is 33.8 Å². The molecule has 0 spiro atoms. The molecule has 0 aliphatic heterocycles. The van der Waals surface area contributed by atoms with Gasteiger partial charge in [-0.1, -0.05) is 318 Å². The zero-order valence-corrected chi connectivity index (χ0v) is 61.8. The topological polar surface area (TPSA) is 237 Å². The van der Waals surface area contributed by atoms with Gasteiger partial charge in [-0.05, 0) is 43.4 Å². The van der Waals surface area contributed by atoms with E-state index >= 15 is 0 Å². The highest BCUT2D eigenvalue weighted by molar-refractivity contribution is 7.47. The molecule has 0 bridgehead atoms. The largest absolute Gasteiger partial charge is 0.472 e. The minimum Gasteiger partial charge on any atom is -0.462 e. The van der Waals surface area contributed by atoms with Crippen LogP contribution in [-0.2, 0) is 65.4 Å². The van der Waals surface area contributed by atoms with Gasteiger partial charge in [0, 0.05) is 25.7 Å². The molecule has 0 fully saturated rings. The average Bonchev–Trinajstić information content (AvgIpc) is 2.00. The van der Waals surface area contributed by atoms with Crippen LogP contribution in [-0.4, -0.2) is 96.7 Å². The van der Waals surface area contributed by atoms with E-state index in [1.807, 2.05) is 0 Å². The zero-order valence-electron chi connectivity index (χ0n) is 60.0. The van der Waals surface area contributed by atoms with Crippen molar-refractivity contribution >= 4 is 39.5 Å². The van der Waals surface area contributed by atoms with Gasteiger partial charge >= 0.3 is 39.5 Å². The Morgan fingerprint density at radius 2 is 0.554 bits per heavy atom. The Hall–Kier alpha value is -1.94.